The van der Waals surface area contributed by atoms with E-state index < -0.39 is 0 Å². The number of hydrogen-bond acceptors (Lipinski definition) is 3. The number of rotatable bonds is 5. The van der Waals surface area contributed by atoms with E-state index >= 15 is 0 Å². The van der Waals surface area contributed by atoms with Gasteiger partial charge in [0.1, 0.15) is 0 Å². The van der Waals surface area contributed by atoms with Gasteiger partial charge in [-0.25, -0.2) is 4.98 Å². The topological polar surface area (TPSA) is 24.9 Å². The van der Waals surface area contributed by atoms with Crippen molar-refractivity contribution in [2.75, 3.05) is 6.54 Å². The summed E-state index contributed by atoms with van der Waals surface area (Å²) < 4.78 is 1.18. The van der Waals surface area contributed by atoms with Crippen molar-refractivity contribution in [2.45, 2.75) is 45.1 Å². The van der Waals surface area contributed by atoms with Crippen LogP contribution < -0.4 is 5.32 Å². The van der Waals surface area contributed by atoms with Crippen molar-refractivity contribution in [1.29, 1.82) is 0 Å². The second-order valence-electron chi connectivity index (χ2n) is 5.59. The van der Waals surface area contributed by atoms with Gasteiger partial charge in [0.2, 0.25) is 0 Å². The highest BCUT2D eigenvalue weighted by atomic mass is 79.9. The quantitative estimate of drug-likeness (QED) is 0.817. The molecular formula is C17H21BrN2S. The lowest BCUT2D eigenvalue weighted by Crippen LogP contribution is -2.24. The van der Waals surface area contributed by atoms with Gasteiger partial charge in [-0.15, -0.1) is 11.3 Å². The van der Waals surface area contributed by atoms with E-state index in [4.69, 9.17) is 4.98 Å². The number of hydrogen-bond donors (Lipinski definition) is 1. The summed E-state index contributed by atoms with van der Waals surface area (Å²) in [7, 11) is 0. The third-order valence-corrected chi connectivity index (χ3v) is 5.92. The lowest BCUT2D eigenvalue weighted by molar-refractivity contribution is 0.464. The number of nitrogens with one attached hydrogen (secondary N) is 1. The fraction of sp³-hybridized carbons (Fsp3) is 0.471. The number of fused-ring (bicyclic) bond motifs is 1. The highest BCUT2D eigenvalue weighted by molar-refractivity contribution is 9.10. The van der Waals surface area contributed by atoms with E-state index in [-0.39, 0.29) is 0 Å². The number of thiazole rings is 1. The van der Waals surface area contributed by atoms with Crippen LogP contribution in [-0.2, 0) is 12.8 Å². The van der Waals surface area contributed by atoms with Crippen LogP contribution in [0.4, 0.5) is 0 Å². The summed E-state index contributed by atoms with van der Waals surface area (Å²) >= 11 is 5.54. The first-order valence-electron chi connectivity index (χ1n) is 7.73. The molecule has 3 rings (SSSR count). The Bertz CT molecular complexity index is 609. The van der Waals surface area contributed by atoms with Crippen LogP contribution in [-0.4, -0.2) is 11.5 Å². The van der Waals surface area contributed by atoms with Gasteiger partial charge in [-0.1, -0.05) is 41.1 Å². The molecule has 0 aliphatic heterocycles. The average Bonchev–Trinajstić information content (AvgIpc) is 2.90. The van der Waals surface area contributed by atoms with E-state index in [2.05, 4.69) is 52.4 Å². The number of nitrogens with zero attached hydrogens (tertiary/aromatic N) is 1. The first kappa shape index (κ1) is 15.2. The normalized spacial score (nSPS) is 17.7. The predicted octanol–water partition coefficient (Wildman–Crippen LogP) is 4.87. The Balaban J connectivity index is 1.80. The van der Waals surface area contributed by atoms with Gasteiger partial charge in [-0.3, -0.25) is 0 Å². The molecule has 0 saturated heterocycles. The van der Waals surface area contributed by atoms with Crippen molar-refractivity contribution in [3.05, 3.63) is 49.9 Å². The van der Waals surface area contributed by atoms with Gasteiger partial charge in [0.05, 0.1) is 10.7 Å². The molecule has 2 aromatic rings. The number of halogens is 1. The third kappa shape index (κ3) is 3.55. The molecule has 4 heteroatoms. The minimum atomic E-state index is 0.527. The fourth-order valence-corrected chi connectivity index (χ4v) is 4.54. The molecule has 1 heterocycles. The largest absolute Gasteiger partial charge is 0.309 e. The molecule has 1 N–H and O–H groups in total. The molecule has 1 unspecified atom stereocenters. The molecule has 0 saturated carbocycles. The summed E-state index contributed by atoms with van der Waals surface area (Å²) in [6.07, 6.45) is 5.77. The lowest BCUT2D eigenvalue weighted by atomic mass is 9.98. The van der Waals surface area contributed by atoms with Crippen molar-refractivity contribution in [3.8, 4) is 0 Å². The maximum atomic E-state index is 4.90. The van der Waals surface area contributed by atoms with E-state index in [0.717, 1.165) is 19.4 Å². The lowest BCUT2D eigenvalue weighted by Gasteiger charge is -2.22. The summed E-state index contributed by atoms with van der Waals surface area (Å²) in [5.41, 5.74) is 2.66. The second-order valence-corrected chi connectivity index (χ2v) is 7.56. The fourth-order valence-electron chi connectivity index (χ4n) is 2.86. The Morgan fingerprint density at radius 3 is 3.05 bits per heavy atom. The molecule has 0 radical (unpaired) electrons. The van der Waals surface area contributed by atoms with Crippen LogP contribution in [0, 0.1) is 0 Å². The smallest absolute Gasteiger partial charge is 0.0975 e. The Morgan fingerprint density at radius 1 is 1.38 bits per heavy atom. The molecule has 0 fully saturated rings. The predicted molar refractivity (Wildman–Crippen MR) is 93.0 cm³/mol. The van der Waals surface area contributed by atoms with Gasteiger partial charge in [0.25, 0.3) is 0 Å². The summed E-state index contributed by atoms with van der Waals surface area (Å²) in [6, 6.07) is 8.97. The molecule has 0 amide bonds. The molecule has 0 spiro atoms. The zero-order chi connectivity index (χ0) is 14.7. The molecule has 0 bridgehead atoms. The average molecular weight is 365 g/mol. The zero-order valence-electron chi connectivity index (χ0n) is 12.4. The molecule has 1 aromatic heterocycles. The van der Waals surface area contributed by atoms with Gasteiger partial charge in [-0.2, -0.15) is 0 Å². The molecule has 1 atom stereocenters. The van der Waals surface area contributed by atoms with Gasteiger partial charge in [0, 0.05) is 21.8 Å². The van der Waals surface area contributed by atoms with E-state index in [1.807, 2.05) is 11.3 Å². The monoisotopic (exact) mass is 364 g/mol. The zero-order valence-corrected chi connectivity index (χ0v) is 14.8. The summed E-state index contributed by atoms with van der Waals surface area (Å²) in [5.74, 6) is 0. The molecule has 1 aliphatic rings. The Kier molecular flexibility index (Phi) is 5.09. The van der Waals surface area contributed by atoms with Crippen molar-refractivity contribution < 1.29 is 0 Å². The molecular weight excluding hydrogens is 344 g/mol. The Labute approximate surface area is 139 Å². The maximum Gasteiger partial charge on any atom is 0.0975 e. The summed E-state index contributed by atoms with van der Waals surface area (Å²) in [4.78, 5) is 6.39. The van der Waals surface area contributed by atoms with Crippen LogP contribution in [0.15, 0.2) is 28.7 Å². The van der Waals surface area contributed by atoms with Gasteiger partial charge in [-0.05, 0) is 43.9 Å². The van der Waals surface area contributed by atoms with E-state index in [1.165, 1.54) is 44.9 Å². The van der Waals surface area contributed by atoms with Crippen LogP contribution in [0.2, 0.25) is 0 Å². The van der Waals surface area contributed by atoms with Gasteiger partial charge in [0.15, 0.2) is 0 Å². The Morgan fingerprint density at radius 2 is 2.24 bits per heavy atom. The molecule has 2 nitrogen and oxygen atoms in total. The molecule has 1 aliphatic carbocycles. The van der Waals surface area contributed by atoms with Crippen LogP contribution in [0.5, 0.6) is 0 Å². The van der Waals surface area contributed by atoms with Crippen LogP contribution in [0.3, 0.4) is 0 Å². The van der Waals surface area contributed by atoms with Gasteiger partial charge >= 0.3 is 0 Å². The van der Waals surface area contributed by atoms with Crippen molar-refractivity contribution in [1.82, 2.24) is 10.3 Å². The van der Waals surface area contributed by atoms with Crippen molar-refractivity contribution in [3.63, 3.8) is 0 Å². The summed E-state index contributed by atoms with van der Waals surface area (Å²) in [5, 5.41) is 4.92. The molecule has 112 valence electrons. The minimum Gasteiger partial charge on any atom is -0.309 e. The van der Waals surface area contributed by atoms with E-state index in [1.54, 1.807) is 0 Å². The van der Waals surface area contributed by atoms with E-state index in [9.17, 15) is 0 Å². The highest BCUT2D eigenvalue weighted by Gasteiger charge is 2.24. The third-order valence-electron chi connectivity index (χ3n) is 3.93. The number of benzene rings is 1. The Hall–Kier alpha value is -0.710. The van der Waals surface area contributed by atoms with Gasteiger partial charge < -0.3 is 5.32 Å². The standard InChI is InChI=1S/C17H21BrN2S/c1-2-10-19-14-8-5-9-15-17(14)21-16(20-15)11-12-6-3-4-7-13(12)18/h3-4,6-7,14,19H,2,5,8-11H2,1H3. The maximum absolute atomic E-state index is 4.90. The second kappa shape index (κ2) is 7.03. The van der Waals surface area contributed by atoms with E-state index in [0.29, 0.717) is 6.04 Å². The van der Waals surface area contributed by atoms with Crippen molar-refractivity contribution in [2.24, 2.45) is 0 Å². The first-order chi connectivity index (χ1) is 10.3. The molecule has 1 aromatic carbocycles. The number of aromatic nitrogens is 1. The van der Waals surface area contributed by atoms with Crippen molar-refractivity contribution >= 4 is 27.3 Å². The minimum absolute atomic E-state index is 0.527. The number of aryl methyl sites for hydroxylation is 1. The first-order valence-corrected chi connectivity index (χ1v) is 9.34. The van der Waals surface area contributed by atoms with Crippen LogP contribution in [0.1, 0.15) is 53.4 Å². The van der Waals surface area contributed by atoms with Crippen LogP contribution >= 0.6 is 27.3 Å². The highest BCUT2D eigenvalue weighted by Crippen LogP contribution is 2.35. The molecule has 21 heavy (non-hydrogen) atoms. The summed E-state index contributed by atoms with van der Waals surface area (Å²) in [6.45, 7) is 3.32. The SMILES string of the molecule is CCCNC1CCCc2nc(Cc3ccccc3Br)sc21. The van der Waals surface area contributed by atoms with Crippen LogP contribution in [0.25, 0.3) is 0 Å².